The fourth-order valence-electron chi connectivity index (χ4n) is 3.34. The highest BCUT2D eigenvalue weighted by atomic mass is 16.6. The molecular formula is C27H41NO8. The lowest BCUT2D eigenvalue weighted by atomic mass is 9.86. The van der Waals surface area contributed by atoms with E-state index in [9.17, 15) is 24.3 Å². The molecule has 4 atom stereocenters. The highest BCUT2D eigenvalue weighted by Gasteiger charge is 2.37. The third-order valence-electron chi connectivity index (χ3n) is 5.96. The minimum atomic E-state index is -1.76. The van der Waals surface area contributed by atoms with Crippen LogP contribution in [0.3, 0.4) is 0 Å². The van der Waals surface area contributed by atoms with Crippen molar-refractivity contribution >= 4 is 23.9 Å². The zero-order chi connectivity index (χ0) is 27.6. The third-order valence-corrected chi connectivity index (χ3v) is 5.96. The highest BCUT2D eigenvalue weighted by molar-refractivity contribution is 5.80. The maximum Gasteiger partial charge on any atom is 0.324 e. The molecule has 3 N–H and O–H groups in total. The van der Waals surface area contributed by atoms with Crippen LogP contribution >= 0.6 is 0 Å². The van der Waals surface area contributed by atoms with Crippen LogP contribution in [-0.2, 0) is 30.3 Å². The molecule has 0 saturated heterocycles. The maximum atomic E-state index is 12.5. The molecule has 1 aromatic rings. The lowest BCUT2D eigenvalue weighted by Crippen LogP contribution is -2.52. The number of hydrogen-bond donors (Lipinski definition) is 2. The van der Waals surface area contributed by atoms with Crippen LogP contribution in [-0.4, -0.2) is 40.6 Å². The molecule has 3 unspecified atom stereocenters. The predicted molar refractivity (Wildman–Crippen MR) is 135 cm³/mol. The van der Waals surface area contributed by atoms with Crippen molar-refractivity contribution in [2.45, 2.75) is 92.2 Å². The predicted octanol–water partition coefficient (Wildman–Crippen LogP) is 4.28. The smallest absolute Gasteiger partial charge is 0.324 e. The summed E-state index contributed by atoms with van der Waals surface area (Å²) in [5.41, 5.74) is 4.96. The molecule has 0 radical (unpaired) electrons. The zero-order valence-corrected chi connectivity index (χ0v) is 22.5. The Bertz CT molecular complexity index is 928. The standard InChI is InChI=1S/C27H41NO8/c1-8-17(5)24(30)35-21-11-10-20(13-22(21)36-25(31)18(6)9-2)15-27(28,26(32)33)14-19(7)34-23(29)12-16(3)4/h10-11,13,16-19H,8-9,12,14-15,28H2,1-7H3,(H,32,33)/t17?,18?,19-,27?/m0/s1. The van der Waals surface area contributed by atoms with Gasteiger partial charge in [0.25, 0.3) is 0 Å². The van der Waals surface area contributed by atoms with Crippen LogP contribution in [0.1, 0.15) is 79.7 Å². The topological polar surface area (TPSA) is 142 Å². The second-order valence-electron chi connectivity index (χ2n) is 9.98. The summed E-state index contributed by atoms with van der Waals surface area (Å²) in [7, 11) is 0. The molecule has 0 fully saturated rings. The van der Waals surface area contributed by atoms with Crippen molar-refractivity contribution in [1.29, 1.82) is 0 Å². The second-order valence-corrected chi connectivity index (χ2v) is 9.98. The number of carbonyl (C=O) groups is 4. The van der Waals surface area contributed by atoms with Crippen molar-refractivity contribution in [3.63, 3.8) is 0 Å². The van der Waals surface area contributed by atoms with E-state index in [1.807, 2.05) is 27.7 Å². The van der Waals surface area contributed by atoms with Gasteiger partial charge in [-0.2, -0.15) is 0 Å². The molecule has 36 heavy (non-hydrogen) atoms. The first-order valence-electron chi connectivity index (χ1n) is 12.5. The summed E-state index contributed by atoms with van der Waals surface area (Å²) in [5.74, 6) is -3.21. The molecule has 202 valence electrons. The van der Waals surface area contributed by atoms with Crippen molar-refractivity contribution < 1.29 is 38.5 Å². The molecule has 9 nitrogen and oxygen atoms in total. The van der Waals surface area contributed by atoms with Gasteiger partial charge in [-0.05, 0) is 43.4 Å². The van der Waals surface area contributed by atoms with Gasteiger partial charge in [-0.1, -0.05) is 47.6 Å². The minimum Gasteiger partial charge on any atom is -0.480 e. The van der Waals surface area contributed by atoms with Crippen molar-refractivity contribution in [3.8, 4) is 11.5 Å². The molecule has 1 rings (SSSR count). The molecule has 1 aromatic carbocycles. The monoisotopic (exact) mass is 507 g/mol. The fraction of sp³-hybridized carbons (Fsp3) is 0.630. The fourth-order valence-corrected chi connectivity index (χ4v) is 3.34. The van der Waals surface area contributed by atoms with Gasteiger partial charge in [-0.25, -0.2) is 0 Å². The Labute approximate surface area is 213 Å². The molecular weight excluding hydrogens is 466 g/mol. The first kappa shape index (κ1) is 31.1. The first-order valence-corrected chi connectivity index (χ1v) is 12.5. The normalized spacial score (nSPS) is 15.4. The zero-order valence-electron chi connectivity index (χ0n) is 22.5. The molecule has 0 aliphatic heterocycles. The van der Waals surface area contributed by atoms with E-state index in [4.69, 9.17) is 19.9 Å². The van der Waals surface area contributed by atoms with Crippen molar-refractivity contribution in [2.75, 3.05) is 0 Å². The number of benzene rings is 1. The van der Waals surface area contributed by atoms with Crippen molar-refractivity contribution in [1.82, 2.24) is 0 Å². The Balaban J connectivity index is 3.22. The van der Waals surface area contributed by atoms with E-state index in [2.05, 4.69) is 0 Å². The SMILES string of the molecule is CCC(C)C(=O)Oc1ccc(CC(N)(C[C@H](C)OC(=O)CC(C)C)C(=O)O)cc1OC(=O)C(C)CC. The van der Waals surface area contributed by atoms with Gasteiger partial charge < -0.3 is 25.1 Å². The number of carboxylic acids is 1. The molecule has 0 aliphatic rings. The molecule has 0 aliphatic carbocycles. The van der Waals surface area contributed by atoms with Crippen molar-refractivity contribution in [2.24, 2.45) is 23.5 Å². The Morgan fingerprint density at radius 3 is 1.92 bits per heavy atom. The van der Waals surface area contributed by atoms with Gasteiger partial charge in [0.15, 0.2) is 11.5 Å². The third kappa shape index (κ3) is 9.60. The number of rotatable bonds is 14. The van der Waals surface area contributed by atoms with Crippen LogP contribution < -0.4 is 15.2 Å². The van der Waals surface area contributed by atoms with E-state index in [0.29, 0.717) is 18.4 Å². The van der Waals surface area contributed by atoms with Crippen LogP contribution in [0, 0.1) is 17.8 Å². The summed E-state index contributed by atoms with van der Waals surface area (Å²) >= 11 is 0. The Hall–Kier alpha value is -2.94. The van der Waals surface area contributed by atoms with E-state index >= 15 is 0 Å². The highest BCUT2D eigenvalue weighted by Crippen LogP contribution is 2.32. The number of ether oxygens (including phenoxy) is 3. The van der Waals surface area contributed by atoms with Gasteiger partial charge >= 0.3 is 23.9 Å². The Kier molecular flexibility index (Phi) is 12.1. The molecule has 0 bridgehead atoms. The second kappa shape index (κ2) is 14.0. The van der Waals surface area contributed by atoms with Gasteiger partial charge in [0.05, 0.1) is 11.8 Å². The van der Waals surface area contributed by atoms with E-state index in [1.165, 1.54) is 12.1 Å². The minimum absolute atomic E-state index is 0.0126. The summed E-state index contributed by atoms with van der Waals surface area (Å²) in [6.45, 7) is 12.5. The van der Waals surface area contributed by atoms with E-state index in [1.54, 1.807) is 26.8 Å². The number of carboxylic acid groups (broad SMARTS) is 1. The average molecular weight is 508 g/mol. The van der Waals surface area contributed by atoms with Crippen LogP contribution in [0.15, 0.2) is 18.2 Å². The van der Waals surface area contributed by atoms with Gasteiger partial charge in [0, 0.05) is 19.3 Å². The quantitative estimate of drug-likeness (QED) is 0.278. The number of carbonyl (C=O) groups excluding carboxylic acids is 3. The molecule has 9 heteroatoms. The summed E-state index contributed by atoms with van der Waals surface area (Å²) in [5, 5.41) is 9.88. The summed E-state index contributed by atoms with van der Waals surface area (Å²) in [6, 6.07) is 4.49. The lowest BCUT2D eigenvalue weighted by molar-refractivity contribution is -0.154. The summed E-state index contributed by atoms with van der Waals surface area (Å²) < 4.78 is 16.3. The molecule has 0 heterocycles. The first-order chi connectivity index (χ1) is 16.7. The average Bonchev–Trinajstić information content (AvgIpc) is 2.78. The van der Waals surface area contributed by atoms with Crippen molar-refractivity contribution in [3.05, 3.63) is 23.8 Å². The molecule has 0 amide bonds. The van der Waals surface area contributed by atoms with Gasteiger partial charge in [0.2, 0.25) is 0 Å². The summed E-state index contributed by atoms with van der Waals surface area (Å²) in [4.78, 5) is 48.9. The van der Waals surface area contributed by atoms with Crippen LogP contribution in [0.25, 0.3) is 0 Å². The van der Waals surface area contributed by atoms with Gasteiger partial charge in [0.1, 0.15) is 11.6 Å². The van der Waals surface area contributed by atoms with Crippen LogP contribution in [0.4, 0.5) is 0 Å². The Morgan fingerprint density at radius 1 is 0.917 bits per heavy atom. The van der Waals surface area contributed by atoms with Gasteiger partial charge in [-0.15, -0.1) is 0 Å². The number of aliphatic carboxylic acids is 1. The Morgan fingerprint density at radius 2 is 1.44 bits per heavy atom. The van der Waals surface area contributed by atoms with Gasteiger partial charge in [-0.3, -0.25) is 19.2 Å². The van der Waals surface area contributed by atoms with Crippen LogP contribution in [0.2, 0.25) is 0 Å². The van der Waals surface area contributed by atoms with Crippen LogP contribution in [0.5, 0.6) is 11.5 Å². The number of hydrogen-bond acceptors (Lipinski definition) is 8. The molecule has 0 saturated carbocycles. The number of esters is 3. The lowest BCUT2D eigenvalue weighted by Gasteiger charge is -2.28. The number of nitrogens with two attached hydrogens (primary N) is 1. The molecule has 0 aromatic heterocycles. The largest absolute Gasteiger partial charge is 0.480 e. The molecule has 0 spiro atoms. The van der Waals surface area contributed by atoms with E-state index < -0.39 is 35.5 Å². The summed E-state index contributed by atoms with van der Waals surface area (Å²) in [6.07, 6.45) is 0.361. The maximum absolute atomic E-state index is 12.5. The van der Waals surface area contributed by atoms with E-state index in [0.717, 1.165) is 0 Å². The van der Waals surface area contributed by atoms with E-state index in [-0.39, 0.29) is 48.5 Å².